The van der Waals surface area contributed by atoms with Crippen molar-refractivity contribution in [3.8, 4) is 0 Å². The molecule has 0 aromatic heterocycles. The Bertz CT molecular complexity index is 195. The molecule has 0 spiro atoms. The van der Waals surface area contributed by atoms with Gasteiger partial charge in [0.05, 0.1) is 6.61 Å². The SMILES string of the molecule is CCOC(=O)C(NCCN(C)C)C(C)CC. The van der Waals surface area contributed by atoms with E-state index in [2.05, 4.69) is 24.1 Å². The maximum absolute atomic E-state index is 11.7. The summed E-state index contributed by atoms with van der Waals surface area (Å²) >= 11 is 0. The van der Waals surface area contributed by atoms with Crippen molar-refractivity contribution in [1.29, 1.82) is 0 Å². The minimum Gasteiger partial charge on any atom is -0.465 e. The first-order valence-corrected chi connectivity index (χ1v) is 6.07. The highest BCUT2D eigenvalue weighted by atomic mass is 16.5. The van der Waals surface area contributed by atoms with E-state index in [0.717, 1.165) is 19.5 Å². The third-order valence-corrected chi connectivity index (χ3v) is 2.68. The van der Waals surface area contributed by atoms with E-state index in [1.54, 1.807) is 0 Å². The smallest absolute Gasteiger partial charge is 0.323 e. The highest BCUT2D eigenvalue weighted by Crippen LogP contribution is 2.09. The Morgan fingerprint density at radius 2 is 2.00 bits per heavy atom. The van der Waals surface area contributed by atoms with Gasteiger partial charge in [0.25, 0.3) is 0 Å². The van der Waals surface area contributed by atoms with E-state index in [4.69, 9.17) is 4.74 Å². The normalized spacial score (nSPS) is 14.9. The second-order valence-electron chi connectivity index (χ2n) is 4.37. The number of nitrogens with zero attached hydrogens (tertiary/aromatic N) is 1. The van der Waals surface area contributed by atoms with Gasteiger partial charge in [-0.05, 0) is 26.9 Å². The lowest BCUT2D eigenvalue weighted by atomic mass is 9.99. The van der Waals surface area contributed by atoms with Gasteiger partial charge in [-0.15, -0.1) is 0 Å². The number of carbonyl (C=O) groups excluding carboxylic acids is 1. The summed E-state index contributed by atoms with van der Waals surface area (Å²) in [5, 5.41) is 3.27. The van der Waals surface area contributed by atoms with E-state index < -0.39 is 0 Å². The summed E-state index contributed by atoms with van der Waals surface area (Å²) in [6.45, 7) is 8.18. The Hall–Kier alpha value is -0.610. The molecule has 96 valence electrons. The zero-order chi connectivity index (χ0) is 12.6. The van der Waals surface area contributed by atoms with E-state index >= 15 is 0 Å². The third kappa shape index (κ3) is 6.08. The molecule has 0 rings (SSSR count). The van der Waals surface area contributed by atoms with E-state index in [1.165, 1.54) is 0 Å². The summed E-state index contributed by atoms with van der Waals surface area (Å²) in [4.78, 5) is 13.8. The predicted octanol–water partition coefficient (Wildman–Crippen LogP) is 1.12. The van der Waals surface area contributed by atoms with Crippen LogP contribution in [0.1, 0.15) is 27.2 Å². The average molecular weight is 230 g/mol. The molecule has 0 aliphatic carbocycles. The Morgan fingerprint density at radius 1 is 1.38 bits per heavy atom. The van der Waals surface area contributed by atoms with Gasteiger partial charge in [0.1, 0.15) is 6.04 Å². The summed E-state index contributed by atoms with van der Waals surface area (Å²) < 4.78 is 5.07. The molecule has 0 aliphatic heterocycles. The van der Waals surface area contributed by atoms with Gasteiger partial charge in [0, 0.05) is 13.1 Å². The minimum atomic E-state index is -0.176. The van der Waals surface area contributed by atoms with Crippen molar-refractivity contribution in [1.82, 2.24) is 10.2 Å². The molecule has 0 aromatic rings. The Balaban J connectivity index is 4.15. The lowest BCUT2D eigenvalue weighted by molar-refractivity contribution is -0.147. The van der Waals surface area contributed by atoms with Crippen LogP contribution in [0.15, 0.2) is 0 Å². The number of ether oxygens (including phenoxy) is 1. The number of nitrogens with one attached hydrogen (secondary N) is 1. The number of esters is 1. The molecule has 0 aliphatic rings. The summed E-state index contributed by atoms with van der Waals surface area (Å²) in [5.74, 6) is 0.178. The maximum Gasteiger partial charge on any atom is 0.323 e. The number of carbonyl (C=O) groups is 1. The van der Waals surface area contributed by atoms with E-state index in [-0.39, 0.29) is 12.0 Å². The molecule has 1 N–H and O–H groups in total. The van der Waals surface area contributed by atoms with Crippen LogP contribution in [0.4, 0.5) is 0 Å². The molecular weight excluding hydrogens is 204 g/mol. The zero-order valence-electron chi connectivity index (χ0n) is 11.2. The fraction of sp³-hybridized carbons (Fsp3) is 0.917. The second-order valence-corrected chi connectivity index (χ2v) is 4.37. The number of likely N-dealkylation sites (N-methyl/N-ethyl adjacent to an activating group) is 1. The summed E-state index contributed by atoms with van der Waals surface area (Å²) in [5.41, 5.74) is 0. The van der Waals surface area contributed by atoms with Crippen molar-refractivity contribution >= 4 is 5.97 Å². The molecule has 2 atom stereocenters. The molecule has 0 saturated heterocycles. The number of hydrogen-bond acceptors (Lipinski definition) is 4. The van der Waals surface area contributed by atoms with Crippen molar-refractivity contribution in [3.63, 3.8) is 0 Å². The summed E-state index contributed by atoms with van der Waals surface area (Å²) in [6.07, 6.45) is 0.971. The summed E-state index contributed by atoms with van der Waals surface area (Å²) in [6, 6.07) is -0.176. The first-order valence-electron chi connectivity index (χ1n) is 6.07. The van der Waals surface area contributed by atoms with Crippen molar-refractivity contribution in [2.24, 2.45) is 5.92 Å². The Labute approximate surface area is 99.3 Å². The lowest BCUT2D eigenvalue weighted by Gasteiger charge is -2.23. The second kappa shape index (κ2) is 8.53. The van der Waals surface area contributed by atoms with Gasteiger partial charge in [-0.2, -0.15) is 0 Å². The van der Waals surface area contributed by atoms with Crippen molar-refractivity contribution in [3.05, 3.63) is 0 Å². The van der Waals surface area contributed by atoms with Gasteiger partial charge in [-0.3, -0.25) is 4.79 Å². The average Bonchev–Trinajstić information content (AvgIpc) is 2.23. The van der Waals surface area contributed by atoms with Gasteiger partial charge in [0.2, 0.25) is 0 Å². The zero-order valence-corrected chi connectivity index (χ0v) is 11.2. The molecule has 0 amide bonds. The van der Waals surface area contributed by atoms with Gasteiger partial charge < -0.3 is 15.0 Å². The van der Waals surface area contributed by atoms with Crippen molar-refractivity contribution < 1.29 is 9.53 Å². The molecule has 2 unspecified atom stereocenters. The fourth-order valence-electron chi connectivity index (χ4n) is 1.43. The molecule has 0 heterocycles. The van der Waals surface area contributed by atoms with E-state index in [9.17, 15) is 4.79 Å². The van der Waals surface area contributed by atoms with Crippen LogP contribution < -0.4 is 5.32 Å². The van der Waals surface area contributed by atoms with Gasteiger partial charge in [-0.25, -0.2) is 0 Å². The molecule has 0 radical (unpaired) electrons. The van der Waals surface area contributed by atoms with E-state index in [1.807, 2.05) is 21.0 Å². The molecule has 0 bridgehead atoms. The quantitative estimate of drug-likeness (QED) is 0.634. The van der Waals surface area contributed by atoms with Gasteiger partial charge in [0.15, 0.2) is 0 Å². The molecule has 4 heteroatoms. The summed E-state index contributed by atoms with van der Waals surface area (Å²) in [7, 11) is 4.04. The topological polar surface area (TPSA) is 41.6 Å². The molecule has 16 heavy (non-hydrogen) atoms. The van der Waals surface area contributed by atoms with E-state index in [0.29, 0.717) is 12.5 Å². The Kier molecular flexibility index (Phi) is 8.21. The maximum atomic E-state index is 11.7. The molecular formula is C12H26N2O2. The predicted molar refractivity (Wildman–Crippen MR) is 66.4 cm³/mol. The van der Waals surface area contributed by atoms with Crippen LogP contribution in [0.3, 0.4) is 0 Å². The van der Waals surface area contributed by atoms with Crippen molar-refractivity contribution in [2.75, 3.05) is 33.8 Å². The minimum absolute atomic E-state index is 0.129. The van der Waals surface area contributed by atoms with Crippen LogP contribution >= 0.6 is 0 Å². The van der Waals surface area contributed by atoms with Crippen LogP contribution in [-0.2, 0) is 9.53 Å². The first kappa shape index (κ1) is 15.4. The van der Waals surface area contributed by atoms with Gasteiger partial charge in [-0.1, -0.05) is 20.3 Å². The molecule has 0 fully saturated rings. The highest BCUT2D eigenvalue weighted by Gasteiger charge is 2.24. The molecule has 0 aromatic carbocycles. The van der Waals surface area contributed by atoms with Crippen molar-refractivity contribution in [2.45, 2.75) is 33.2 Å². The third-order valence-electron chi connectivity index (χ3n) is 2.68. The fourth-order valence-corrected chi connectivity index (χ4v) is 1.43. The van der Waals surface area contributed by atoms with Crippen LogP contribution in [-0.4, -0.2) is 50.7 Å². The standard InChI is InChI=1S/C12H26N2O2/c1-6-10(3)11(12(15)16-7-2)13-8-9-14(4)5/h10-11,13H,6-9H2,1-5H3. The molecule has 0 saturated carbocycles. The van der Waals surface area contributed by atoms with Crippen LogP contribution in [0.2, 0.25) is 0 Å². The van der Waals surface area contributed by atoms with Crippen LogP contribution in [0.5, 0.6) is 0 Å². The Morgan fingerprint density at radius 3 is 2.44 bits per heavy atom. The molecule has 4 nitrogen and oxygen atoms in total. The largest absolute Gasteiger partial charge is 0.465 e. The lowest BCUT2D eigenvalue weighted by Crippen LogP contribution is -2.45. The first-order chi connectivity index (χ1) is 7.52. The number of rotatable bonds is 8. The number of hydrogen-bond donors (Lipinski definition) is 1. The van der Waals surface area contributed by atoms with Crippen LogP contribution in [0.25, 0.3) is 0 Å². The highest BCUT2D eigenvalue weighted by molar-refractivity contribution is 5.76. The van der Waals surface area contributed by atoms with Crippen LogP contribution in [0, 0.1) is 5.92 Å². The monoisotopic (exact) mass is 230 g/mol. The van der Waals surface area contributed by atoms with Gasteiger partial charge >= 0.3 is 5.97 Å².